The van der Waals surface area contributed by atoms with Crippen molar-refractivity contribution in [2.75, 3.05) is 11.9 Å². The number of aromatic nitrogens is 1. The van der Waals surface area contributed by atoms with Gasteiger partial charge in [0.1, 0.15) is 5.82 Å². The molecule has 126 valence electrons. The highest BCUT2D eigenvalue weighted by molar-refractivity contribution is 6.35. The number of carbonyl (C=O) groups is 1. The van der Waals surface area contributed by atoms with E-state index in [9.17, 15) is 9.59 Å². The van der Waals surface area contributed by atoms with Crippen LogP contribution in [0.3, 0.4) is 0 Å². The molecule has 0 radical (unpaired) electrons. The molecule has 0 saturated carbocycles. The molecule has 5 heteroatoms. The summed E-state index contributed by atoms with van der Waals surface area (Å²) in [4.78, 5) is 25.6. The van der Waals surface area contributed by atoms with E-state index in [4.69, 9.17) is 11.6 Å². The average molecular weight is 345 g/mol. The molecule has 0 atom stereocenters. The van der Waals surface area contributed by atoms with Gasteiger partial charge in [-0.15, -0.1) is 0 Å². The second-order valence-corrected chi connectivity index (χ2v) is 6.48. The lowest BCUT2D eigenvalue weighted by Gasteiger charge is -2.24. The summed E-state index contributed by atoms with van der Waals surface area (Å²) in [5.74, 6) is 0.523. The van der Waals surface area contributed by atoms with Gasteiger partial charge in [0.05, 0.1) is 10.6 Å². The van der Waals surface area contributed by atoms with E-state index in [1.165, 1.54) is 0 Å². The summed E-state index contributed by atoms with van der Waals surface area (Å²) >= 11 is 6.23. The molecule has 1 aromatic heterocycles. The van der Waals surface area contributed by atoms with Gasteiger partial charge in [0, 0.05) is 24.7 Å². The number of rotatable bonds is 5. The third-order valence-corrected chi connectivity index (χ3v) is 4.72. The van der Waals surface area contributed by atoms with E-state index < -0.39 is 0 Å². The first-order valence-electron chi connectivity index (χ1n) is 8.43. The minimum atomic E-state index is -0.121. The summed E-state index contributed by atoms with van der Waals surface area (Å²) in [5, 5.41) is 3.69. The van der Waals surface area contributed by atoms with Crippen molar-refractivity contribution < 1.29 is 4.79 Å². The molecule has 0 aliphatic carbocycles. The van der Waals surface area contributed by atoms with Crippen LogP contribution in [0, 0.1) is 0 Å². The van der Waals surface area contributed by atoms with Gasteiger partial charge in [-0.3, -0.25) is 14.2 Å². The van der Waals surface area contributed by atoms with Crippen LogP contribution >= 0.6 is 11.6 Å². The largest absolute Gasteiger partial charge is 0.371 e. The van der Waals surface area contributed by atoms with Gasteiger partial charge in [0.2, 0.25) is 0 Å². The van der Waals surface area contributed by atoms with Crippen molar-refractivity contribution in [2.24, 2.45) is 0 Å². The van der Waals surface area contributed by atoms with Gasteiger partial charge in [-0.25, -0.2) is 0 Å². The maximum Gasteiger partial charge on any atom is 0.252 e. The predicted octanol–water partition coefficient (Wildman–Crippen LogP) is 3.89. The van der Waals surface area contributed by atoms with Gasteiger partial charge in [-0.1, -0.05) is 37.1 Å². The molecule has 3 rings (SSSR count). The molecule has 0 spiro atoms. The summed E-state index contributed by atoms with van der Waals surface area (Å²) in [7, 11) is 0. The maximum absolute atomic E-state index is 13.2. The molecule has 2 aromatic rings. The van der Waals surface area contributed by atoms with Gasteiger partial charge in [-0.2, -0.15) is 0 Å². The molecule has 1 aliphatic rings. The Morgan fingerprint density at radius 1 is 1.33 bits per heavy atom. The van der Waals surface area contributed by atoms with Gasteiger partial charge in [-0.05, 0) is 37.0 Å². The molecular weight excluding hydrogens is 324 g/mol. The van der Waals surface area contributed by atoms with E-state index in [0.29, 0.717) is 34.9 Å². The fraction of sp³-hybridized carbons (Fsp3) is 0.368. The number of benzene rings is 1. The van der Waals surface area contributed by atoms with Crippen molar-refractivity contribution in [2.45, 2.75) is 39.2 Å². The number of ketones is 1. The third kappa shape index (κ3) is 3.11. The summed E-state index contributed by atoms with van der Waals surface area (Å²) in [5.41, 5.74) is 1.84. The molecule has 0 bridgehead atoms. The zero-order valence-corrected chi connectivity index (χ0v) is 14.5. The van der Waals surface area contributed by atoms with Crippen LogP contribution in [0.15, 0.2) is 35.1 Å². The first kappa shape index (κ1) is 16.8. The minimum absolute atomic E-state index is 0.0426. The van der Waals surface area contributed by atoms with E-state index in [-0.39, 0.29) is 11.3 Å². The van der Waals surface area contributed by atoms with Crippen LogP contribution in [0.1, 0.15) is 47.7 Å². The number of fused-ring (bicyclic) bond motifs is 1. The van der Waals surface area contributed by atoms with Crippen molar-refractivity contribution in [3.63, 3.8) is 0 Å². The Morgan fingerprint density at radius 3 is 2.88 bits per heavy atom. The summed E-state index contributed by atoms with van der Waals surface area (Å²) in [6.07, 6.45) is 3.53. The van der Waals surface area contributed by atoms with Gasteiger partial charge in [0.25, 0.3) is 5.56 Å². The van der Waals surface area contributed by atoms with E-state index in [2.05, 4.69) is 12.2 Å². The van der Waals surface area contributed by atoms with Crippen LogP contribution in [-0.2, 0) is 13.0 Å². The van der Waals surface area contributed by atoms with E-state index in [0.717, 1.165) is 31.4 Å². The molecule has 0 unspecified atom stereocenters. The topological polar surface area (TPSA) is 51.1 Å². The molecule has 1 aliphatic heterocycles. The molecule has 0 amide bonds. The average Bonchev–Trinajstić information content (AvgIpc) is 2.60. The lowest BCUT2D eigenvalue weighted by molar-refractivity contribution is 0.103. The highest BCUT2D eigenvalue weighted by Gasteiger charge is 2.25. The van der Waals surface area contributed by atoms with Crippen LogP contribution in [0.4, 0.5) is 5.82 Å². The summed E-state index contributed by atoms with van der Waals surface area (Å²) in [6.45, 7) is 3.50. The fourth-order valence-corrected chi connectivity index (χ4v) is 3.37. The first-order valence-corrected chi connectivity index (χ1v) is 8.81. The number of pyridine rings is 1. The smallest absolute Gasteiger partial charge is 0.252 e. The van der Waals surface area contributed by atoms with Crippen LogP contribution in [-0.4, -0.2) is 16.9 Å². The Bertz CT molecular complexity index is 827. The maximum atomic E-state index is 13.2. The Balaban J connectivity index is 2.18. The zero-order chi connectivity index (χ0) is 17.1. The summed E-state index contributed by atoms with van der Waals surface area (Å²) < 4.78 is 1.67. The van der Waals surface area contributed by atoms with Gasteiger partial charge < -0.3 is 5.32 Å². The SMILES string of the molecule is CCCCc1cc(=O)n2c(c1C(=O)c1ccccc1Cl)NCCC2. The van der Waals surface area contributed by atoms with Crippen molar-refractivity contribution in [3.05, 3.63) is 62.4 Å². The number of anilines is 1. The highest BCUT2D eigenvalue weighted by Crippen LogP contribution is 2.28. The van der Waals surface area contributed by atoms with Crippen molar-refractivity contribution in [3.8, 4) is 0 Å². The Morgan fingerprint density at radius 2 is 2.12 bits per heavy atom. The van der Waals surface area contributed by atoms with Gasteiger partial charge >= 0.3 is 0 Å². The normalized spacial score (nSPS) is 13.2. The Kier molecular flexibility index (Phi) is 5.05. The Hall–Kier alpha value is -2.07. The molecule has 0 fully saturated rings. The Labute approximate surface area is 146 Å². The number of nitrogens with one attached hydrogen (secondary N) is 1. The molecule has 1 aromatic carbocycles. The third-order valence-electron chi connectivity index (χ3n) is 4.39. The fourth-order valence-electron chi connectivity index (χ4n) is 3.14. The molecule has 4 nitrogen and oxygen atoms in total. The van der Waals surface area contributed by atoms with E-state index >= 15 is 0 Å². The number of hydrogen-bond donors (Lipinski definition) is 1. The van der Waals surface area contributed by atoms with Crippen LogP contribution in [0.5, 0.6) is 0 Å². The van der Waals surface area contributed by atoms with Crippen LogP contribution in [0.2, 0.25) is 5.02 Å². The lowest BCUT2D eigenvalue weighted by atomic mass is 9.95. The number of aryl methyl sites for hydroxylation is 1. The molecule has 0 saturated heterocycles. The lowest BCUT2D eigenvalue weighted by Crippen LogP contribution is -2.32. The standard InChI is InChI=1S/C19H21ClN2O2/c1-2-3-7-13-12-16(23)22-11-6-10-21-19(22)17(13)18(24)14-8-4-5-9-15(14)20/h4-5,8-9,12,21H,2-3,6-7,10-11H2,1H3. The number of carbonyl (C=O) groups excluding carboxylic acids is 1. The van der Waals surface area contributed by atoms with E-state index in [1.54, 1.807) is 34.9 Å². The van der Waals surface area contributed by atoms with Crippen LogP contribution in [0.25, 0.3) is 0 Å². The summed E-state index contributed by atoms with van der Waals surface area (Å²) in [6, 6.07) is 8.69. The van der Waals surface area contributed by atoms with E-state index in [1.807, 2.05) is 0 Å². The van der Waals surface area contributed by atoms with Crippen molar-refractivity contribution >= 4 is 23.2 Å². The number of nitrogens with zero attached hydrogens (tertiary/aromatic N) is 1. The second kappa shape index (κ2) is 7.22. The number of unbranched alkanes of at least 4 members (excludes halogenated alkanes) is 1. The number of halogens is 1. The van der Waals surface area contributed by atoms with Crippen LogP contribution < -0.4 is 10.9 Å². The predicted molar refractivity (Wildman–Crippen MR) is 97.3 cm³/mol. The van der Waals surface area contributed by atoms with Crippen molar-refractivity contribution in [1.29, 1.82) is 0 Å². The molecule has 2 heterocycles. The zero-order valence-electron chi connectivity index (χ0n) is 13.8. The first-order chi connectivity index (χ1) is 11.6. The quantitative estimate of drug-likeness (QED) is 0.837. The molecular formula is C19H21ClN2O2. The minimum Gasteiger partial charge on any atom is -0.371 e. The van der Waals surface area contributed by atoms with Crippen molar-refractivity contribution in [1.82, 2.24) is 4.57 Å². The number of hydrogen-bond acceptors (Lipinski definition) is 3. The molecule has 24 heavy (non-hydrogen) atoms. The van der Waals surface area contributed by atoms with Gasteiger partial charge in [0.15, 0.2) is 5.78 Å². The molecule has 1 N–H and O–H groups in total. The highest BCUT2D eigenvalue weighted by atomic mass is 35.5. The second-order valence-electron chi connectivity index (χ2n) is 6.08. The monoisotopic (exact) mass is 344 g/mol.